The Balaban J connectivity index is 2.59. The predicted molar refractivity (Wildman–Crippen MR) is 61.5 cm³/mol. The molecule has 1 aromatic carbocycles. The number of rotatable bonds is 2. The summed E-state index contributed by atoms with van der Waals surface area (Å²) >= 11 is 0. The van der Waals surface area contributed by atoms with Crippen LogP contribution in [0.15, 0.2) is 29.1 Å². The van der Waals surface area contributed by atoms with Crippen molar-refractivity contribution in [3.05, 3.63) is 46.0 Å². The second kappa shape index (κ2) is 4.67. The Labute approximate surface area is 101 Å². The molecule has 0 radical (unpaired) electrons. The van der Waals surface area contributed by atoms with E-state index in [0.29, 0.717) is 5.56 Å². The van der Waals surface area contributed by atoms with Crippen molar-refractivity contribution in [2.75, 3.05) is 7.11 Å². The lowest BCUT2D eigenvalue weighted by molar-refractivity contribution is 0.386. The maximum absolute atomic E-state index is 13.5. The second-order valence-corrected chi connectivity index (χ2v) is 3.46. The molecule has 2 aromatic rings. The van der Waals surface area contributed by atoms with Crippen molar-refractivity contribution in [2.24, 2.45) is 0 Å². The first-order valence-corrected chi connectivity index (χ1v) is 4.99. The van der Waals surface area contributed by atoms with Crippen LogP contribution in [0.2, 0.25) is 0 Å². The number of hydrogen-bond acceptors (Lipinski definition) is 4. The average molecular weight is 245 g/mol. The van der Waals surface area contributed by atoms with Gasteiger partial charge < -0.3 is 4.74 Å². The van der Waals surface area contributed by atoms with Crippen molar-refractivity contribution in [2.45, 2.75) is 0 Å². The summed E-state index contributed by atoms with van der Waals surface area (Å²) in [5.41, 5.74) is 0.215. The molecule has 90 valence electrons. The Hall–Kier alpha value is -2.68. The molecule has 0 unspecified atom stereocenters. The molecule has 2 rings (SSSR count). The van der Waals surface area contributed by atoms with Crippen LogP contribution in [0, 0.1) is 17.1 Å². The van der Waals surface area contributed by atoms with Crippen molar-refractivity contribution in [3.8, 4) is 23.1 Å². The minimum Gasteiger partial charge on any atom is -0.494 e. The van der Waals surface area contributed by atoms with E-state index in [-0.39, 0.29) is 17.0 Å². The lowest BCUT2D eigenvalue weighted by Crippen LogP contribution is -2.09. The van der Waals surface area contributed by atoms with Crippen LogP contribution >= 0.6 is 0 Å². The highest BCUT2D eigenvalue weighted by Crippen LogP contribution is 2.25. The minimum absolute atomic E-state index is 0.0864. The van der Waals surface area contributed by atoms with Crippen LogP contribution in [0.5, 0.6) is 5.75 Å². The highest BCUT2D eigenvalue weighted by molar-refractivity contribution is 5.66. The Bertz CT molecular complexity index is 688. The minimum atomic E-state index is -0.563. The first-order valence-electron chi connectivity index (χ1n) is 4.99. The highest BCUT2D eigenvalue weighted by Gasteiger charge is 2.11. The van der Waals surface area contributed by atoms with Gasteiger partial charge in [0.25, 0.3) is 5.56 Å². The lowest BCUT2D eigenvalue weighted by atomic mass is 10.1. The number of aromatic nitrogens is 2. The standard InChI is InChI=1S/C12H8FN3O2/c1-18-10-3-2-7(4-9(10)13)12-8(6-14)5-11(17)15-16-12/h2-5H,1H3,(H,15,17). The molecule has 0 saturated heterocycles. The molecule has 0 aliphatic carbocycles. The Morgan fingerprint density at radius 2 is 2.22 bits per heavy atom. The molecule has 0 amide bonds. The van der Waals surface area contributed by atoms with Crippen molar-refractivity contribution in [1.29, 1.82) is 5.26 Å². The third-order valence-electron chi connectivity index (χ3n) is 2.35. The van der Waals surface area contributed by atoms with Crippen LogP contribution in [0.1, 0.15) is 5.56 Å². The quantitative estimate of drug-likeness (QED) is 0.868. The van der Waals surface area contributed by atoms with Crippen LogP contribution in [0.4, 0.5) is 4.39 Å². The number of aromatic amines is 1. The molecule has 1 aromatic heterocycles. The second-order valence-electron chi connectivity index (χ2n) is 3.46. The van der Waals surface area contributed by atoms with Crippen molar-refractivity contribution < 1.29 is 9.13 Å². The molecule has 0 aliphatic rings. The summed E-state index contributed by atoms with van der Waals surface area (Å²) in [6, 6.07) is 7.15. The van der Waals surface area contributed by atoms with Gasteiger partial charge in [-0.1, -0.05) is 0 Å². The maximum atomic E-state index is 13.5. The largest absolute Gasteiger partial charge is 0.494 e. The third-order valence-corrected chi connectivity index (χ3v) is 2.35. The normalized spacial score (nSPS) is 9.83. The first-order chi connectivity index (χ1) is 8.65. The SMILES string of the molecule is COc1ccc(-c2n[nH]c(=O)cc2C#N)cc1F. The van der Waals surface area contributed by atoms with Gasteiger partial charge in [0.15, 0.2) is 11.6 Å². The maximum Gasteiger partial charge on any atom is 0.265 e. The van der Waals surface area contributed by atoms with Crippen LogP contribution in [0.3, 0.4) is 0 Å². The van der Waals surface area contributed by atoms with E-state index in [1.807, 2.05) is 6.07 Å². The smallest absolute Gasteiger partial charge is 0.265 e. The van der Waals surface area contributed by atoms with Gasteiger partial charge in [-0.2, -0.15) is 10.4 Å². The van der Waals surface area contributed by atoms with Crippen LogP contribution in [-0.2, 0) is 0 Å². The van der Waals surface area contributed by atoms with Gasteiger partial charge in [0.2, 0.25) is 0 Å². The van der Waals surface area contributed by atoms with Crippen LogP contribution in [0.25, 0.3) is 11.3 Å². The van der Waals surface area contributed by atoms with Crippen LogP contribution in [-0.4, -0.2) is 17.3 Å². The Morgan fingerprint density at radius 1 is 1.44 bits per heavy atom. The molecular weight excluding hydrogens is 237 g/mol. The number of benzene rings is 1. The van der Waals surface area contributed by atoms with Gasteiger partial charge in [0, 0.05) is 11.6 Å². The Kier molecular flexibility index (Phi) is 3.06. The zero-order valence-corrected chi connectivity index (χ0v) is 9.40. The van der Waals surface area contributed by atoms with E-state index in [1.165, 1.54) is 19.2 Å². The first kappa shape index (κ1) is 11.8. The number of nitriles is 1. The predicted octanol–water partition coefficient (Wildman–Crippen LogP) is 1.46. The molecule has 0 saturated carbocycles. The Morgan fingerprint density at radius 3 is 2.83 bits per heavy atom. The fourth-order valence-electron chi connectivity index (χ4n) is 1.52. The summed E-state index contributed by atoms with van der Waals surface area (Å²) in [6.07, 6.45) is 0. The van der Waals surface area contributed by atoms with Gasteiger partial charge >= 0.3 is 0 Å². The number of H-pyrrole nitrogens is 1. The van der Waals surface area contributed by atoms with E-state index in [1.54, 1.807) is 6.07 Å². The van der Waals surface area contributed by atoms with Gasteiger partial charge in [0.05, 0.1) is 12.7 Å². The van der Waals surface area contributed by atoms with Gasteiger partial charge in [-0.05, 0) is 18.2 Å². The third kappa shape index (κ3) is 2.06. The number of ether oxygens (including phenoxy) is 1. The van der Waals surface area contributed by atoms with E-state index in [2.05, 4.69) is 10.2 Å². The van der Waals surface area contributed by atoms with Gasteiger partial charge in [-0.3, -0.25) is 4.79 Å². The molecule has 0 spiro atoms. The summed E-state index contributed by atoms with van der Waals surface area (Å²) in [4.78, 5) is 11.0. The molecule has 0 fully saturated rings. The fraction of sp³-hybridized carbons (Fsp3) is 0.0833. The molecule has 6 heteroatoms. The zero-order chi connectivity index (χ0) is 13.1. The van der Waals surface area contributed by atoms with Gasteiger partial charge in [-0.25, -0.2) is 9.49 Å². The van der Waals surface area contributed by atoms with E-state index in [4.69, 9.17) is 10.00 Å². The molecule has 18 heavy (non-hydrogen) atoms. The van der Waals surface area contributed by atoms with Crippen molar-refractivity contribution in [1.82, 2.24) is 10.2 Å². The number of halogens is 1. The van der Waals surface area contributed by atoms with E-state index in [0.717, 1.165) is 6.07 Å². The summed E-state index contributed by atoms with van der Waals surface area (Å²) in [7, 11) is 1.36. The molecule has 1 heterocycles. The number of hydrogen-bond donors (Lipinski definition) is 1. The van der Waals surface area contributed by atoms with Crippen molar-refractivity contribution in [3.63, 3.8) is 0 Å². The summed E-state index contributed by atoms with van der Waals surface area (Å²) < 4.78 is 18.3. The molecule has 0 bridgehead atoms. The van der Waals surface area contributed by atoms with Crippen LogP contribution < -0.4 is 10.3 Å². The van der Waals surface area contributed by atoms with Gasteiger partial charge in [0.1, 0.15) is 11.8 Å². The highest BCUT2D eigenvalue weighted by atomic mass is 19.1. The summed E-state index contributed by atoms with van der Waals surface area (Å²) in [5, 5.41) is 14.9. The lowest BCUT2D eigenvalue weighted by Gasteiger charge is -2.05. The molecule has 1 N–H and O–H groups in total. The molecule has 5 nitrogen and oxygen atoms in total. The molecular formula is C12H8FN3O2. The van der Waals surface area contributed by atoms with Crippen molar-refractivity contribution >= 4 is 0 Å². The zero-order valence-electron chi connectivity index (χ0n) is 9.40. The van der Waals surface area contributed by atoms with E-state index in [9.17, 15) is 9.18 Å². The molecule has 0 aliphatic heterocycles. The summed E-state index contributed by atoms with van der Waals surface area (Å²) in [6.45, 7) is 0. The average Bonchev–Trinajstić information content (AvgIpc) is 2.38. The number of methoxy groups -OCH3 is 1. The van der Waals surface area contributed by atoms with Gasteiger partial charge in [-0.15, -0.1) is 0 Å². The topological polar surface area (TPSA) is 78.8 Å². The number of nitrogens with zero attached hydrogens (tertiary/aromatic N) is 2. The number of nitrogens with one attached hydrogen (secondary N) is 1. The van der Waals surface area contributed by atoms with E-state index < -0.39 is 11.4 Å². The molecule has 0 atom stereocenters. The monoisotopic (exact) mass is 245 g/mol. The summed E-state index contributed by atoms with van der Waals surface area (Å²) in [5.74, 6) is -0.464. The fourth-order valence-corrected chi connectivity index (χ4v) is 1.52. The van der Waals surface area contributed by atoms with E-state index >= 15 is 0 Å².